The minimum absolute atomic E-state index is 0.0726. The van der Waals surface area contributed by atoms with Gasteiger partial charge in [0.2, 0.25) is 14.8 Å². The summed E-state index contributed by atoms with van der Waals surface area (Å²) in [4.78, 5) is 38.9. The van der Waals surface area contributed by atoms with Crippen LogP contribution >= 0.6 is 10.8 Å². The molecule has 1 aliphatic heterocycles. The van der Waals surface area contributed by atoms with Gasteiger partial charge in [0, 0.05) is 0 Å². The molecular formula is C22H33NO7S2Si. The molecule has 1 saturated heterocycles. The van der Waals surface area contributed by atoms with Crippen molar-refractivity contribution < 1.29 is 32.0 Å². The average Bonchev–Trinajstić information content (AvgIpc) is 2.70. The summed E-state index contributed by atoms with van der Waals surface area (Å²) in [6.45, 7) is 13.2. The molecule has 1 fully saturated rings. The van der Waals surface area contributed by atoms with Gasteiger partial charge in [-0.1, -0.05) is 39.0 Å². The molecule has 184 valence electrons. The Kier molecular flexibility index (Phi) is 8.26. The molecule has 8 nitrogen and oxygen atoms in total. The molecule has 0 bridgehead atoms. The number of hydrogen-bond donors (Lipinski definition) is 0. The van der Waals surface area contributed by atoms with E-state index in [4.69, 9.17) is 9.16 Å². The lowest BCUT2D eigenvalue weighted by Gasteiger charge is -2.51. The fourth-order valence-corrected chi connectivity index (χ4v) is 8.55. The first-order valence-corrected chi connectivity index (χ1v) is 16.4. The van der Waals surface area contributed by atoms with Crippen molar-refractivity contribution in [2.24, 2.45) is 5.92 Å². The highest BCUT2D eigenvalue weighted by molar-refractivity contribution is 8.72. The number of β-lactam (4-membered cyclic amide) rings is 1. The number of amides is 1. The summed E-state index contributed by atoms with van der Waals surface area (Å²) < 4.78 is 37.4. The van der Waals surface area contributed by atoms with Crippen LogP contribution in [-0.4, -0.2) is 63.9 Å². The number of ketones is 1. The van der Waals surface area contributed by atoms with Crippen LogP contribution in [0.2, 0.25) is 18.1 Å². The number of benzene rings is 1. The molecule has 11 heteroatoms. The summed E-state index contributed by atoms with van der Waals surface area (Å²) in [5.41, 5.74) is 0. The molecule has 1 unspecified atom stereocenters. The Bertz CT molecular complexity index is 1010. The van der Waals surface area contributed by atoms with Crippen molar-refractivity contribution in [3.8, 4) is 0 Å². The number of methoxy groups -OCH3 is 1. The van der Waals surface area contributed by atoms with Crippen molar-refractivity contribution in [1.29, 1.82) is 0 Å². The van der Waals surface area contributed by atoms with Gasteiger partial charge in [-0.05, 0) is 54.9 Å². The van der Waals surface area contributed by atoms with E-state index in [0.29, 0.717) is 10.8 Å². The topological polar surface area (TPSA) is 107 Å². The number of carbonyl (C=O) groups excluding carboxylic acids is 3. The van der Waals surface area contributed by atoms with Crippen molar-refractivity contribution in [2.75, 3.05) is 7.11 Å². The maximum Gasteiger partial charge on any atom is 0.336 e. The molecule has 1 aromatic rings. The minimum Gasteiger partial charge on any atom is -0.467 e. The van der Waals surface area contributed by atoms with Crippen LogP contribution in [0.1, 0.15) is 34.6 Å². The summed E-state index contributed by atoms with van der Waals surface area (Å²) in [5, 5.41) is -1.11. The average molecular weight is 516 g/mol. The van der Waals surface area contributed by atoms with Gasteiger partial charge in [-0.15, -0.1) is 0 Å². The second kappa shape index (κ2) is 9.89. The largest absolute Gasteiger partial charge is 0.467 e. The van der Waals surface area contributed by atoms with Crippen LogP contribution in [0.15, 0.2) is 35.2 Å². The van der Waals surface area contributed by atoms with Gasteiger partial charge in [-0.3, -0.25) is 9.59 Å². The van der Waals surface area contributed by atoms with Crippen LogP contribution < -0.4 is 0 Å². The predicted octanol–water partition coefficient (Wildman–Crippen LogP) is 3.43. The first-order chi connectivity index (χ1) is 15.0. The number of ether oxygens (including phenoxy) is 1. The molecule has 1 heterocycles. The Labute approximate surface area is 200 Å². The van der Waals surface area contributed by atoms with Gasteiger partial charge in [0.15, 0.2) is 20.1 Å². The molecule has 0 aromatic heterocycles. The third kappa shape index (κ3) is 5.69. The summed E-state index contributed by atoms with van der Waals surface area (Å²) in [6.07, 6.45) is -0.608. The fourth-order valence-electron chi connectivity index (χ4n) is 3.40. The first-order valence-electron chi connectivity index (χ1n) is 10.6. The monoisotopic (exact) mass is 515 g/mol. The fraction of sp³-hybridized carbons (Fsp3) is 0.591. The summed E-state index contributed by atoms with van der Waals surface area (Å²) in [5.74, 6) is -2.86. The quantitative estimate of drug-likeness (QED) is 0.162. The third-order valence-electron chi connectivity index (χ3n) is 6.26. The zero-order valence-corrected chi connectivity index (χ0v) is 23.0. The second-order valence-electron chi connectivity index (χ2n) is 9.64. The lowest BCUT2D eigenvalue weighted by atomic mass is 9.90. The Hall–Kier alpha value is -1.69. The number of rotatable bonds is 9. The van der Waals surface area contributed by atoms with Crippen molar-refractivity contribution in [3.05, 3.63) is 30.3 Å². The molecule has 4 atom stereocenters. The van der Waals surface area contributed by atoms with Crippen LogP contribution in [0, 0.1) is 5.92 Å². The zero-order valence-electron chi connectivity index (χ0n) is 20.3. The van der Waals surface area contributed by atoms with E-state index in [-0.39, 0.29) is 9.93 Å². The van der Waals surface area contributed by atoms with Gasteiger partial charge < -0.3 is 14.1 Å². The first kappa shape index (κ1) is 27.6. The number of likely N-dealkylation sites (tertiary alicyclic amines) is 1. The van der Waals surface area contributed by atoms with E-state index in [9.17, 15) is 22.8 Å². The van der Waals surface area contributed by atoms with Gasteiger partial charge in [0.05, 0.1) is 24.0 Å². The maximum absolute atomic E-state index is 13.2. The molecule has 33 heavy (non-hydrogen) atoms. The number of nitrogens with zero attached hydrogens (tertiary/aromatic N) is 1. The Morgan fingerprint density at radius 2 is 1.70 bits per heavy atom. The Morgan fingerprint density at radius 1 is 1.15 bits per heavy atom. The number of Topliss-reactive ketones (excluding diaryl/α,β-unsaturated/α-hetero) is 1. The van der Waals surface area contributed by atoms with Crippen molar-refractivity contribution in [3.63, 3.8) is 0 Å². The normalized spacial score (nSPS) is 21.2. The van der Waals surface area contributed by atoms with Gasteiger partial charge in [-0.2, -0.15) is 0 Å². The number of esters is 1. The molecule has 0 aliphatic carbocycles. The predicted molar refractivity (Wildman–Crippen MR) is 130 cm³/mol. The SMILES string of the molecule is COC(=O)C(C(C)=O)N1C(=O)[C@H]([C@@H](C)O[Si](C)(C)C(C)(C)C)[C@H]1SS(=O)(=O)c1ccccc1. The molecule has 0 saturated carbocycles. The van der Waals surface area contributed by atoms with Crippen LogP contribution in [0.5, 0.6) is 0 Å². The number of hydrogen-bond acceptors (Lipinski definition) is 8. The molecule has 0 N–H and O–H groups in total. The van der Waals surface area contributed by atoms with Crippen molar-refractivity contribution in [1.82, 2.24) is 4.90 Å². The standard InChI is InChI=1S/C22H33NO7S2Si/c1-14(24)18(21(26)29-6)23-19(25)17(15(2)30-33(7,8)22(3,4)5)20(23)31-32(27,28)16-12-10-9-11-13-16/h9-13,15,17-18,20H,1-8H3/t15-,17+,18?,20-/m1/s1. The highest BCUT2D eigenvalue weighted by atomic mass is 33.1. The lowest BCUT2D eigenvalue weighted by Crippen LogP contribution is -2.70. The summed E-state index contributed by atoms with van der Waals surface area (Å²) >= 11 is 0. The van der Waals surface area contributed by atoms with E-state index < -0.39 is 58.3 Å². The lowest BCUT2D eigenvalue weighted by molar-refractivity contribution is -0.172. The highest BCUT2D eigenvalue weighted by Crippen LogP contribution is 2.46. The van der Waals surface area contributed by atoms with Crippen LogP contribution in [-0.2, 0) is 32.4 Å². The summed E-state index contributed by atoms with van der Waals surface area (Å²) in [6, 6.07) is 6.31. The van der Waals surface area contributed by atoms with Crippen molar-refractivity contribution in [2.45, 2.75) is 75.2 Å². The molecule has 2 rings (SSSR count). The van der Waals surface area contributed by atoms with Crippen LogP contribution in [0.4, 0.5) is 0 Å². The molecular weight excluding hydrogens is 482 g/mol. The van der Waals surface area contributed by atoms with E-state index in [1.54, 1.807) is 25.1 Å². The molecule has 0 spiro atoms. The number of carbonyl (C=O) groups is 3. The highest BCUT2D eigenvalue weighted by Gasteiger charge is 2.59. The van der Waals surface area contributed by atoms with E-state index in [1.807, 2.05) is 13.1 Å². The molecule has 1 aliphatic rings. The minimum atomic E-state index is -3.89. The Morgan fingerprint density at radius 3 is 2.15 bits per heavy atom. The van der Waals surface area contributed by atoms with E-state index >= 15 is 0 Å². The van der Waals surface area contributed by atoms with Gasteiger partial charge >= 0.3 is 5.97 Å². The molecule has 0 radical (unpaired) electrons. The van der Waals surface area contributed by atoms with Crippen LogP contribution in [0.25, 0.3) is 0 Å². The van der Waals surface area contributed by atoms with E-state index in [1.165, 1.54) is 19.1 Å². The smallest absolute Gasteiger partial charge is 0.336 e. The van der Waals surface area contributed by atoms with E-state index in [0.717, 1.165) is 12.0 Å². The third-order valence-corrected chi connectivity index (χ3v) is 14.6. The van der Waals surface area contributed by atoms with Gasteiger partial charge in [0.25, 0.3) is 0 Å². The van der Waals surface area contributed by atoms with Crippen LogP contribution in [0.3, 0.4) is 0 Å². The van der Waals surface area contributed by atoms with E-state index in [2.05, 4.69) is 20.8 Å². The molecule has 1 amide bonds. The maximum atomic E-state index is 13.2. The van der Waals surface area contributed by atoms with Gasteiger partial charge in [-0.25, -0.2) is 13.2 Å². The van der Waals surface area contributed by atoms with Crippen molar-refractivity contribution >= 4 is 45.6 Å². The van der Waals surface area contributed by atoms with Gasteiger partial charge in [0.1, 0.15) is 5.37 Å². The second-order valence-corrected chi connectivity index (χ2v) is 18.4. The molecule has 1 aromatic carbocycles. The zero-order chi connectivity index (χ0) is 25.4. The Balaban J connectivity index is 2.46. The summed E-state index contributed by atoms with van der Waals surface area (Å²) in [7, 11) is -4.51.